The highest BCUT2D eigenvalue weighted by Crippen LogP contribution is 2.38. The van der Waals surface area contributed by atoms with Gasteiger partial charge < -0.3 is 5.11 Å². The first kappa shape index (κ1) is 11.5. The number of hydrogen-bond donors (Lipinski definition) is 1. The minimum atomic E-state index is -0.652. The van der Waals surface area contributed by atoms with E-state index in [1.807, 2.05) is 0 Å². The van der Waals surface area contributed by atoms with Gasteiger partial charge in [-0.15, -0.1) is 10.2 Å². The molecule has 1 N–H and O–H groups in total. The second-order valence-electron chi connectivity index (χ2n) is 5.26. The molecule has 1 fully saturated rings. The Balaban J connectivity index is 2.11. The van der Waals surface area contributed by atoms with E-state index in [0.717, 1.165) is 12.8 Å². The van der Waals surface area contributed by atoms with E-state index in [4.69, 9.17) is 0 Å². The first-order valence-electron chi connectivity index (χ1n) is 5.95. The molecule has 1 aliphatic rings. The molecule has 0 spiro atoms. The van der Waals surface area contributed by atoms with Crippen LogP contribution in [0.2, 0.25) is 0 Å². The molecule has 0 aliphatic heterocycles. The smallest absolute Gasteiger partial charge is 0.177 e. The van der Waals surface area contributed by atoms with E-state index in [9.17, 15) is 5.11 Å². The van der Waals surface area contributed by atoms with Gasteiger partial charge in [0.15, 0.2) is 5.82 Å². The molecule has 3 atom stereocenters. The highest BCUT2D eigenvalue weighted by Gasteiger charge is 2.39. The van der Waals surface area contributed by atoms with E-state index >= 15 is 0 Å². The molecule has 0 amide bonds. The lowest BCUT2D eigenvalue weighted by molar-refractivity contribution is -0.0574. The fraction of sp³-hybridized carbons (Fsp3) is 0.909. The van der Waals surface area contributed by atoms with E-state index in [2.05, 4.69) is 29.3 Å². The minimum Gasteiger partial charge on any atom is -0.389 e. The summed E-state index contributed by atoms with van der Waals surface area (Å²) in [6, 6.07) is 0. The molecule has 0 saturated heterocycles. The van der Waals surface area contributed by atoms with Crippen LogP contribution in [0.1, 0.15) is 38.9 Å². The molecular weight excluding hydrogens is 204 g/mol. The Morgan fingerprint density at radius 1 is 1.44 bits per heavy atom. The number of aliphatic hydroxyl groups is 1. The second kappa shape index (κ2) is 4.13. The summed E-state index contributed by atoms with van der Waals surface area (Å²) in [7, 11) is 1.74. The van der Waals surface area contributed by atoms with Crippen LogP contribution in [-0.2, 0) is 13.5 Å². The van der Waals surface area contributed by atoms with Crippen molar-refractivity contribution in [3.63, 3.8) is 0 Å². The Kier molecular flexibility index (Phi) is 2.97. The van der Waals surface area contributed by atoms with Gasteiger partial charge in [-0.3, -0.25) is 0 Å². The Bertz CT molecular complexity index is 365. The monoisotopic (exact) mass is 224 g/mol. The van der Waals surface area contributed by atoms with Gasteiger partial charge in [0.05, 0.1) is 12.6 Å². The second-order valence-corrected chi connectivity index (χ2v) is 5.26. The first-order chi connectivity index (χ1) is 7.49. The maximum Gasteiger partial charge on any atom is 0.177 e. The van der Waals surface area contributed by atoms with Crippen molar-refractivity contribution in [3.8, 4) is 0 Å². The number of nitrogens with zero attached hydrogens (tertiary/aromatic N) is 4. The first-order valence-corrected chi connectivity index (χ1v) is 5.95. The standard InChI is InChI=1S/C11H20N4O/c1-8-4-5-9(2)11(16,6-8)7-10-12-14-15(3)13-10/h8-9,16H,4-7H2,1-3H3. The predicted octanol–water partition coefficient (Wildman–Crippen LogP) is 0.940. The highest BCUT2D eigenvalue weighted by atomic mass is 16.3. The fourth-order valence-corrected chi connectivity index (χ4v) is 2.62. The fourth-order valence-electron chi connectivity index (χ4n) is 2.62. The lowest BCUT2D eigenvalue weighted by atomic mass is 9.70. The number of aromatic nitrogens is 4. The van der Waals surface area contributed by atoms with Crippen molar-refractivity contribution in [2.24, 2.45) is 18.9 Å². The molecule has 3 unspecified atom stereocenters. The zero-order valence-corrected chi connectivity index (χ0v) is 10.2. The van der Waals surface area contributed by atoms with Crippen LogP contribution in [0.4, 0.5) is 0 Å². The molecule has 0 aromatic carbocycles. The van der Waals surface area contributed by atoms with Gasteiger partial charge in [-0.2, -0.15) is 4.80 Å². The molecule has 1 heterocycles. The molecule has 1 saturated carbocycles. The van der Waals surface area contributed by atoms with E-state index in [1.165, 1.54) is 11.2 Å². The molecule has 2 rings (SSSR count). The molecule has 5 heteroatoms. The van der Waals surface area contributed by atoms with Crippen molar-refractivity contribution in [3.05, 3.63) is 5.82 Å². The van der Waals surface area contributed by atoms with Gasteiger partial charge in [0.25, 0.3) is 0 Å². The van der Waals surface area contributed by atoms with Crippen LogP contribution in [0, 0.1) is 11.8 Å². The predicted molar refractivity (Wildman–Crippen MR) is 59.6 cm³/mol. The lowest BCUT2D eigenvalue weighted by Gasteiger charge is -2.40. The van der Waals surface area contributed by atoms with Crippen LogP contribution in [0.25, 0.3) is 0 Å². The van der Waals surface area contributed by atoms with Gasteiger partial charge in [0, 0.05) is 6.42 Å². The van der Waals surface area contributed by atoms with E-state index < -0.39 is 5.60 Å². The Labute approximate surface area is 95.9 Å². The average Bonchev–Trinajstić information content (AvgIpc) is 2.58. The van der Waals surface area contributed by atoms with E-state index in [0.29, 0.717) is 24.1 Å². The Hall–Kier alpha value is -0.970. The van der Waals surface area contributed by atoms with Gasteiger partial charge in [0.2, 0.25) is 0 Å². The summed E-state index contributed by atoms with van der Waals surface area (Å²) < 4.78 is 0. The highest BCUT2D eigenvalue weighted by molar-refractivity contribution is 4.97. The van der Waals surface area contributed by atoms with E-state index in [-0.39, 0.29) is 0 Å². The summed E-state index contributed by atoms with van der Waals surface area (Å²) >= 11 is 0. The SMILES string of the molecule is CC1CCC(C)C(O)(Cc2nnn(C)n2)C1. The third-order valence-corrected chi connectivity index (χ3v) is 3.73. The zero-order chi connectivity index (χ0) is 11.8. The molecular formula is C11H20N4O. The van der Waals surface area contributed by atoms with Crippen LogP contribution in [0.5, 0.6) is 0 Å². The number of tetrazole rings is 1. The molecule has 1 aliphatic carbocycles. The molecule has 1 aromatic rings. The van der Waals surface area contributed by atoms with Crippen molar-refractivity contribution in [2.45, 2.75) is 45.1 Å². The van der Waals surface area contributed by atoms with Crippen LogP contribution < -0.4 is 0 Å². The number of hydrogen-bond acceptors (Lipinski definition) is 4. The normalized spacial score (nSPS) is 35.2. The van der Waals surface area contributed by atoms with Crippen molar-refractivity contribution in [1.29, 1.82) is 0 Å². The van der Waals surface area contributed by atoms with Gasteiger partial charge in [-0.1, -0.05) is 20.3 Å². The molecule has 5 nitrogen and oxygen atoms in total. The van der Waals surface area contributed by atoms with Crippen LogP contribution >= 0.6 is 0 Å². The van der Waals surface area contributed by atoms with Gasteiger partial charge in [0.1, 0.15) is 0 Å². The third-order valence-electron chi connectivity index (χ3n) is 3.73. The minimum absolute atomic E-state index is 0.313. The lowest BCUT2D eigenvalue weighted by Crippen LogP contribution is -2.44. The average molecular weight is 224 g/mol. The number of aryl methyl sites for hydroxylation is 1. The van der Waals surface area contributed by atoms with Crippen molar-refractivity contribution < 1.29 is 5.11 Å². The Morgan fingerprint density at radius 2 is 2.19 bits per heavy atom. The molecule has 0 radical (unpaired) electrons. The third kappa shape index (κ3) is 2.24. The van der Waals surface area contributed by atoms with Crippen LogP contribution in [-0.4, -0.2) is 30.9 Å². The summed E-state index contributed by atoms with van der Waals surface area (Å²) in [5, 5.41) is 22.6. The topological polar surface area (TPSA) is 63.8 Å². The van der Waals surface area contributed by atoms with Crippen molar-refractivity contribution in [1.82, 2.24) is 20.2 Å². The molecule has 90 valence electrons. The molecule has 0 bridgehead atoms. The summed E-state index contributed by atoms with van der Waals surface area (Å²) in [6.45, 7) is 4.31. The van der Waals surface area contributed by atoms with Crippen LogP contribution in [0.15, 0.2) is 0 Å². The summed E-state index contributed by atoms with van der Waals surface area (Å²) in [6.07, 6.45) is 3.65. The maximum absolute atomic E-state index is 10.7. The van der Waals surface area contributed by atoms with Gasteiger partial charge in [-0.25, -0.2) is 0 Å². The van der Waals surface area contributed by atoms with Crippen LogP contribution in [0.3, 0.4) is 0 Å². The Morgan fingerprint density at radius 3 is 2.81 bits per heavy atom. The number of rotatable bonds is 2. The summed E-state index contributed by atoms with van der Waals surface area (Å²) in [4.78, 5) is 1.44. The largest absolute Gasteiger partial charge is 0.389 e. The van der Waals surface area contributed by atoms with Crippen molar-refractivity contribution in [2.75, 3.05) is 0 Å². The summed E-state index contributed by atoms with van der Waals surface area (Å²) in [5.41, 5.74) is -0.652. The molecule has 16 heavy (non-hydrogen) atoms. The van der Waals surface area contributed by atoms with Gasteiger partial charge >= 0.3 is 0 Å². The van der Waals surface area contributed by atoms with Gasteiger partial charge in [-0.05, 0) is 29.9 Å². The maximum atomic E-state index is 10.7. The quantitative estimate of drug-likeness (QED) is 0.812. The van der Waals surface area contributed by atoms with E-state index in [1.54, 1.807) is 7.05 Å². The van der Waals surface area contributed by atoms with Crippen molar-refractivity contribution >= 4 is 0 Å². The molecule has 1 aromatic heterocycles. The zero-order valence-electron chi connectivity index (χ0n) is 10.2. The summed E-state index contributed by atoms with van der Waals surface area (Å²) in [5.74, 6) is 1.54.